The number of hydrogen-bond donors (Lipinski definition) is 0. The van der Waals surface area contributed by atoms with Gasteiger partial charge in [0.1, 0.15) is 0 Å². The van der Waals surface area contributed by atoms with Crippen molar-refractivity contribution >= 4 is 7.44 Å². The first kappa shape index (κ1) is 14.4. The normalized spacial score (nSPS) is 15.2. The molecule has 0 saturated carbocycles. The SMILES string of the molecule is CCN(CC)P(=O)(Cc1ccccc1)N(C)C. The Bertz CT molecular complexity index is 374. The summed E-state index contributed by atoms with van der Waals surface area (Å²) in [6.45, 7) is 5.76. The van der Waals surface area contributed by atoms with Crippen LogP contribution in [0, 0.1) is 0 Å². The summed E-state index contributed by atoms with van der Waals surface area (Å²) in [5.74, 6) is 0. The fraction of sp³-hybridized carbons (Fsp3) is 0.538. The largest absolute Gasteiger partial charge is 0.288 e. The summed E-state index contributed by atoms with van der Waals surface area (Å²) in [7, 11) is 1.35. The van der Waals surface area contributed by atoms with Gasteiger partial charge in [-0.3, -0.25) is 4.57 Å². The number of nitrogens with zero attached hydrogens (tertiary/aromatic N) is 2. The molecule has 1 unspecified atom stereocenters. The fourth-order valence-electron chi connectivity index (χ4n) is 1.98. The zero-order valence-corrected chi connectivity index (χ0v) is 12.2. The average molecular weight is 254 g/mol. The topological polar surface area (TPSA) is 23.6 Å². The smallest absolute Gasteiger partial charge is 0.220 e. The Morgan fingerprint density at radius 1 is 1.06 bits per heavy atom. The minimum atomic E-state index is -2.46. The molecular formula is C13H23N2OP. The molecule has 3 nitrogen and oxygen atoms in total. The molecule has 0 heterocycles. The molecule has 0 spiro atoms. The van der Waals surface area contributed by atoms with Gasteiger partial charge in [-0.05, 0) is 19.7 Å². The lowest BCUT2D eigenvalue weighted by Crippen LogP contribution is -2.28. The molecule has 0 fully saturated rings. The van der Waals surface area contributed by atoms with Crippen LogP contribution in [0.5, 0.6) is 0 Å². The van der Waals surface area contributed by atoms with Crippen molar-refractivity contribution in [2.45, 2.75) is 20.0 Å². The predicted octanol–water partition coefficient (Wildman–Crippen LogP) is 3.28. The first-order valence-electron chi connectivity index (χ1n) is 6.10. The van der Waals surface area contributed by atoms with E-state index in [4.69, 9.17) is 0 Å². The molecule has 0 radical (unpaired) electrons. The van der Waals surface area contributed by atoms with E-state index in [9.17, 15) is 4.57 Å². The molecule has 0 aliphatic rings. The highest BCUT2D eigenvalue weighted by molar-refractivity contribution is 7.58. The van der Waals surface area contributed by atoms with Crippen molar-refractivity contribution in [2.75, 3.05) is 27.2 Å². The van der Waals surface area contributed by atoms with Gasteiger partial charge in [-0.25, -0.2) is 9.34 Å². The lowest BCUT2D eigenvalue weighted by molar-refractivity contribution is 0.393. The molecule has 0 bridgehead atoms. The number of benzene rings is 1. The van der Waals surface area contributed by atoms with Crippen LogP contribution < -0.4 is 0 Å². The Balaban J connectivity index is 2.97. The Kier molecular flexibility index (Phi) is 5.38. The number of hydrogen-bond acceptors (Lipinski definition) is 1. The molecule has 0 N–H and O–H groups in total. The van der Waals surface area contributed by atoms with Crippen molar-refractivity contribution in [3.05, 3.63) is 35.9 Å². The minimum absolute atomic E-state index is 0.614. The Morgan fingerprint density at radius 3 is 2.00 bits per heavy atom. The van der Waals surface area contributed by atoms with Crippen LogP contribution in [0.1, 0.15) is 19.4 Å². The lowest BCUT2D eigenvalue weighted by Gasteiger charge is -2.34. The van der Waals surface area contributed by atoms with E-state index in [0.29, 0.717) is 6.16 Å². The van der Waals surface area contributed by atoms with Gasteiger partial charge in [-0.15, -0.1) is 0 Å². The van der Waals surface area contributed by atoms with E-state index < -0.39 is 7.44 Å². The van der Waals surface area contributed by atoms with Gasteiger partial charge in [0, 0.05) is 13.1 Å². The van der Waals surface area contributed by atoms with E-state index in [0.717, 1.165) is 18.7 Å². The maximum Gasteiger partial charge on any atom is 0.220 e. The highest BCUT2D eigenvalue weighted by Crippen LogP contribution is 2.53. The van der Waals surface area contributed by atoms with Crippen LogP contribution in [0.25, 0.3) is 0 Å². The summed E-state index contributed by atoms with van der Waals surface area (Å²) >= 11 is 0. The third-order valence-electron chi connectivity index (χ3n) is 3.03. The molecule has 1 rings (SSSR count). The number of rotatable bonds is 6. The summed E-state index contributed by atoms with van der Waals surface area (Å²) in [5, 5.41) is 0. The van der Waals surface area contributed by atoms with E-state index in [-0.39, 0.29) is 0 Å². The Morgan fingerprint density at radius 2 is 1.59 bits per heavy atom. The van der Waals surface area contributed by atoms with Crippen LogP contribution in [0.2, 0.25) is 0 Å². The molecule has 0 aliphatic carbocycles. The zero-order valence-electron chi connectivity index (χ0n) is 11.3. The summed E-state index contributed by atoms with van der Waals surface area (Å²) in [6.07, 6.45) is 0.614. The molecule has 0 saturated heterocycles. The van der Waals surface area contributed by atoms with Crippen LogP contribution in [0.15, 0.2) is 30.3 Å². The van der Waals surface area contributed by atoms with Crippen molar-refractivity contribution in [1.29, 1.82) is 0 Å². The van der Waals surface area contributed by atoms with Crippen LogP contribution in [0.3, 0.4) is 0 Å². The summed E-state index contributed by atoms with van der Waals surface area (Å²) < 4.78 is 17.0. The molecule has 0 aliphatic heterocycles. The minimum Gasteiger partial charge on any atom is -0.288 e. The van der Waals surface area contributed by atoms with Crippen LogP contribution >= 0.6 is 7.44 Å². The van der Waals surface area contributed by atoms with Crippen LogP contribution in [0.4, 0.5) is 0 Å². The van der Waals surface area contributed by atoms with Crippen LogP contribution in [-0.2, 0) is 10.7 Å². The molecule has 4 heteroatoms. The standard InChI is InChI=1S/C13H23N2OP/c1-5-15(6-2)17(16,14(3)4)12-13-10-8-7-9-11-13/h7-11H,5-6,12H2,1-4H3. The molecular weight excluding hydrogens is 231 g/mol. The van der Waals surface area contributed by atoms with E-state index in [1.165, 1.54) is 0 Å². The van der Waals surface area contributed by atoms with Gasteiger partial charge >= 0.3 is 0 Å². The summed E-state index contributed by atoms with van der Waals surface area (Å²) in [5.41, 5.74) is 1.14. The molecule has 96 valence electrons. The molecule has 17 heavy (non-hydrogen) atoms. The van der Waals surface area contributed by atoms with Gasteiger partial charge in [0.25, 0.3) is 0 Å². The molecule has 0 amide bonds. The summed E-state index contributed by atoms with van der Waals surface area (Å²) in [6, 6.07) is 10.1. The molecule has 1 aromatic carbocycles. The second kappa shape index (κ2) is 6.34. The van der Waals surface area contributed by atoms with Crippen molar-refractivity contribution < 1.29 is 4.57 Å². The maximum absolute atomic E-state index is 13.1. The Labute approximate surface area is 105 Å². The first-order chi connectivity index (χ1) is 8.04. The van der Waals surface area contributed by atoms with Crippen molar-refractivity contribution in [1.82, 2.24) is 9.34 Å². The van der Waals surface area contributed by atoms with Gasteiger partial charge in [0.05, 0.1) is 6.16 Å². The maximum atomic E-state index is 13.1. The third kappa shape index (κ3) is 3.41. The first-order valence-corrected chi connectivity index (χ1v) is 7.90. The zero-order chi connectivity index (χ0) is 12.9. The quantitative estimate of drug-likeness (QED) is 0.728. The molecule has 0 aromatic heterocycles. The predicted molar refractivity (Wildman–Crippen MR) is 74.4 cm³/mol. The third-order valence-corrected chi connectivity index (χ3v) is 6.51. The van der Waals surface area contributed by atoms with Gasteiger partial charge in [-0.2, -0.15) is 0 Å². The van der Waals surface area contributed by atoms with Crippen molar-refractivity contribution in [2.24, 2.45) is 0 Å². The van der Waals surface area contributed by atoms with Crippen molar-refractivity contribution in [3.63, 3.8) is 0 Å². The second-order valence-electron chi connectivity index (χ2n) is 4.29. The van der Waals surface area contributed by atoms with E-state index >= 15 is 0 Å². The highest BCUT2D eigenvalue weighted by Gasteiger charge is 2.31. The highest BCUT2D eigenvalue weighted by atomic mass is 31.2. The van der Waals surface area contributed by atoms with Gasteiger partial charge in [-0.1, -0.05) is 44.2 Å². The van der Waals surface area contributed by atoms with E-state index in [1.807, 2.05) is 49.1 Å². The summed E-state index contributed by atoms with van der Waals surface area (Å²) in [4.78, 5) is 0. The van der Waals surface area contributed by atoms with Gasteiger partial charge in [0.2, 0.25) is 7.44 Å². The molecule has 1 aromatic rings. The van der Waals surface area contributed by atoms with Gasteiger partial charge < -0.3 is 0 Å². The van der Waals surface area contributed by atoms with E-state index in [1.54, 1.807) is 0 Å². The van der Waals surface area contributed by atoms with Gasteiger partial charge in [0.15, 0.2) is 0 Å². The molecule has 1 atom stereocenters. The van der Waals surface area contributed by atoms with Crippen molar-refractivity contribution in [3.8, 4) is 0 Å². The van der Waals surface area contributed by atoms with Crippen LogP contribution in [-0.4, -0.2) is 36.5 Å². The lowest BCUT2D eigenvalue weighted by atomic mass is 10.2. The van der Waals surface area contributed by atoms with E-state index in [2.05, 4.69) is 18.5 Å². The fourth-order valence-corrected chi connectivity index (χ4v) is 4.54. The Hall–Kier alpha value is -0.630. The monoisotopic (exact) mass is 254 g/mol. The second-order valence-corrected chi connectivity index (χ2v) is 7.31. The average Bonchev–Trinajstić information content (AvgIpc) is 2.31.